The summed E-state index contributed by atoms with van der Waals surface area (Å²) in [5, 5.41) is 2.44. The van der Waals surface area contributed by atoms with Crippen LogP contribution in [0, 0.1) is 0 Å². The van der Waals surface area contributed by atoms with E-state index in [4.69, 9.17) is 11.6 Å². The van der Waals surface area contributed by atoms with Gasteiger partial charge in [0, 0.05) is 16.3 Å². The second-order valence-electron chi connectivity index (χ2n) is 6.10. The van der Waals surface area contributed by atoms with E-state index >= 15 is 0 Å². The summed E-state index contributed by atoms with van der Waals surface area (Å²) in [5.41, 5.74) is 4.01. The highest BCUT2D eigenvalue weighted by molar-refractivity contribution is 6.28. The Hall–Kier alpha value is -3.17. The van der Waals surface area contributed by atoms with E-state index in [0.717, 1.165) is 39.1 Å². The maximum absolute atomic E-state index is 6.29. The van der Waals surface area contributed by atoms with Crippen molar-refractivity contribution in [2.24, 2.45) is 0 Å². The fraction of sp³-hybridized carbons (Fsp3) is 0. The number of halogens is 1. The summed E-state index contributed by atoms with van der Waals surface area (Å²) in [6.07, 6.45) is 0. The lowest BCUT2D eigenvalue weighted by Gasteiger charge is -2.10. The minimum Gasteiger partial charge on any atom is -0.277 e. The van der Waals surface area contributed by atoms with E-state index in [1.54, 1.807) is 0 Å². The lowest BCUT2D eigenvalue weighted by atomic mass is 10.1. The Morgan fingerprint density at radius 1 is 0.615 bits per heavy atom. The number of aromatic nitrogens is 3. The summed E-state index contributed by atoms with van der Waals surface area (Å²) in [7, 11) is 0. The molecule has 0 amide bonds. The van der Waals surface area contributed by atoms with Crippen LogP contribution in [-0.4, -0.2) is 14.4 Å². The highest BCUT2D eigenvalue weighted by Gasteiger charge is 2.19. The zero-order valence-corrected chi connectivity index (χ0v) is 14.6. The van der Waals surface area contributed by atoms with Gasteiger partial charge >= 0.3 is 0 Å². The van der Waals surface area contributed by atoms with Gasteiger partial charge in [-0.1, -0.05) is 84.9 Å². The topological polar surface area (TPSA) is 30.2 Å². The van der Waals surface area contributed by atoms with E-state index < -0.39 is 0 Å². The van der Waals surface area contributed by atoms with E-state index in [9.17, 15) is 0 Å². The molecule has 0 unspecified atom stereocenters. The molecule has 5 rings (SSSR count). The molecule has 0 aliphatic rings. The third kappa shape index (κ3) is 2.29. The summed E-state index contributed by atoms with van der Waals surface area (Å²) < 4.78 is 2.11. The molecule has 0 spiro atoms. The van der Waals surface area contributed by atoms with Crippen LogP contribution in [0.25, 0.3) is 39.1 Å². The third-order valence-electron chi connectivity index (χ3n) is 4.55. The predicted molar refractivity (Wildman–Crippen MR) is 106 cm³/mol. The van der Waals surface area contributed by atoms with E-state index in [1.165, 1.54) is 0 Å². The summed E-state index contributed by atoms with van der Waals surface area (Å²) in [5.74, 6) is 0.788. The summed E-state index contributed by atoms with van der Waals surface area (Å²) in [6, 6.07) is 28.7. The molecule has 2 aromatic heterocycles. The first-order chi connectivity index (χ1) is 12.8. The zero-order valence-electron chi connectivity index (χ0n) is 13.8. The molecule has 0 aliphatic heterocycles. The second-order valence-corrected chi connectivity index (χ2v) is 6.44. The first kappa shape index (κ1) is 15.1. The van der Waals surface area contributed by atoms with Gasteiger partial charge in [0.1, 0.15) is 11.5 Å². The third-order valence-corrected chi connectivity index (χ3v) is 4.71. The largest absolute Gasteiger partial charge is 0.277 e. The number of rotatable bonds is 2. The fourth-order valence-electron chi connectivity index (χ4n) is 3.46. The van der Waals surface area contributed by atoms with Crippen molar-refractivity contribution in [2.75, 3.05) is 0 Å². The van der Waals surface area contributed by atoms with Gasteiger partial charge in [-0.25, -0.2) is 0 Å². The van der Waals surface area contributed by atoms with Crippen LogP contribution in [0.5, 0.6) is 0 Å². The van der Waals surface area contributed by atoms with Crippen LogP contribution in [0.15, 0.2) is 84.9 Å². The second kappa shape index (κ2) is 5.97. The number of benzene rings is 3. The average molecular weight is 356 g/mol. The summed E-state index contributed by atoms with van der Waals surface area (Å²) >= 11 is 6.29. The van der Waals surface area contributed by atoms with Crippen LogP contribution in [0.2, 0.25) is 5.28 Å². The van der Waals surface area contributed by atoms with Crippen molar-refractivity contribution >= 4 is 28.0 Å². The fourth-order valence-corrected chi connectivity index (χ4v) is 3.62. The number of fused-ring (bicyclic) bond motifs is 3. The molecule has 124 valence electrons. The number of nitrogens with zero attached hydrogens (tertiary/aromatic N) is 3. The van der Waals surface area contributed by atoms with Gasteiger partial charge in [0.25, 0.3) is 0 Å². The minimum absolute atomic E-state index is 0.249. The van der Waals surface area contributed by atoms with Gasteiger partial charge < -0.3 is 0 Å². The summed E-state index contributed by atoms with van der Waals surface area (Å²) in [6.45, 7) is 0. The molecule has 0 aliphatic carbocycles. The molecule has 0 saturated heterocycles. The lowest BCUT2D eigenvalue weighted by Crippen LogP contribution is -2.00. The van der Waals surface area contributed by atoms with Gasteiger partial charge in [-0.05, 0) is 17.2 Å². The molecule has 0 bridgehead atoms. The Morgan fingerprint density at radius 2 is 1.19 bits per heavy atom. The molecular formula is C22H14ClN3. The Morgan fingerprint density at radius 3 is 1.88 bits per heavy atom. The minimum atomic E-state index is 0.249. The lowest BCUT2D eigenvalue weighted by molar-refractivity contribution is 1.05. The van der Waals surface area contributed by atoms with Gasteiger partial charge in [0.15, 0.2) is 0 Å². The van der Waals surface area contributed by atoms with Gasteiger partial charge in [-0.15, -0.1) is 0 Å². The predicted octanol–water partition coefficient (Wildman–Crippen LogP) is 5.87. The average Bonchev–Trinajstić information content (AvgIpc) is 3.03. The van der Waals surface area contributed by atoms with E-state index in [2.05, 4.69) is 38.6 Å². The smallest absolute Gasteiger partial charge is 0.226 e. The molecule has 3 nitrogen and oxygen atoms in total. The Bertz CT molecular complexity index is 1230. The molecule has 0 N–H and O–H groups in total. The van der Waals surface area contributed by atoms with Gasteiger partial charge in [0.2, 0.25) is 5.28 Å². The number of hydrogen-bond donors (Lipinski definition) is 0. The summed E-state index contributed by atoms with van der Waals surface area (Å²) in [4.78, 5) is 9.12. The van der Waals surface area contributed by atoms with Crippen LogP contribution < -0.4 is 0 Å². The van der Waals surface area contributed by atoms with Crippen LogP contribution in [0.1, 0.15) is 0 Å². The van der Waals surface area contributed by atoms with Crippen molar-refractivity contribution in [1.82, 2.24) is 14.4 Å². The van der Waals surface area contributed by atoms with Crippen LogP contribution >= 0.6 is 11.6 Å². The van der Waals surface area contributed by atoms with Crippen LogP contribution in [-0.2, 0) is 0 Å². The maximum Gasteiger partial charge on any atom is 0.226 e. The molecular weight excluding hydrogens is 342 g/mol. The van der Waals surface area contributed by atoms with Crippen molar-refractivity contribution in [3.63, 3.8) is 0 Å². The Kier molecular flexibility index (Phi) is 3.47. The number of hydrogen-bond acceptors (Lipinski definition) is 2. The molecule has 0 fully saturated rings. The van der Waals surface area contributed by atoms with Gasteiger partial charge in [0.05, 0.1) is 5.69 Å². The zero-order chi connectivity index (χ0) is 17.5. The molecule has 3 aromatic carbocycles. The molecule has 5 aromatic rings. The molecule has 2 heterocycles. The van der Waals surface area contributed by atoms with Crippen LogP contribution in [0.4, 0.5) is 0 Å². The Labute approximate surface area is 155 Å². The van der Waals surface area contributed by atoms with Gasteiger partial charge in [-0.3, -0.25) is 4.40 Å². The Balaban J connectivity index is 2.02. The normalized spacial score (nSPS) is 11.3. The molecule has 0 radical (unpaired) electrons. The highest BCUT2D eigenvalue weighted by atomic mass is 35.5. The molecule has 26 heavy (non-hydrogen) atoms. The van der Waals surface area contributed by atoms with Crippen molar-refractivity contribution in [1.29, 1.82) is 0 Å². The van der Waals surface area contributed by atoms with Crippen molar-refractivity contribution in [3.05, 3.63) is 90.2 Å². The first-order valence-corrected chi connectivity index (χ1v) is 8.78. The van der Waals surface area contributed by atoms with E-state index in [1.807, 2.05) is 60.7 Å². The highest BCUT2D eigenvalue weighted by Crippen LogP contribution is 2.36. The van der Waals surface area contributed by atoms with Crippen LogP contribution in [0.3, 0.4) is 0 Å². The molecule has 0 atom stereocenters. The van der Waals surface area contributed by atoms with E-state index in [0.29, 0.717) is 0 Å². The molecule has 4 heteroatoms. The van der Waals surface area contributed by atoms with Gasteiger partial charge in [-0.2, -0.15) is 9.97 Å². The standard InChI is InChI=1S/C22H14ClN3/c23-22-24-20(16-11-5-2-6-12-16)26-19(15-9-3-1-4-10-15)17-13-7-8-14-18(17)21(26)25-22/h1-14H. The maximum atomic E-state index is 6.29. The quantitative estimate of drug-likeness (QED) is 0.396. The van der Waals surface area contributed by atoms with E-state index in [-0.39, 0.29) is 5.28 Å². The van der Waals surface area contributed by atoms with Crippen molar-refractivity contribution < 1.29 is 0 Å². The van der Waals surface area contributed by atoms with Crippen molar-refractivity contribution in [2.45, 2.75) is 0 Å². The van der Waals surface area contributed by atoms with Crippen molar-refractivity contribution in [3.8, 4) is 22.6 Å². The SMILES string of the molecule is Clc1nc(-c2ccccc2)n2c(-c3ccccc3)c3ccccc3c2n1. The molecule has 0 saturated carbocycles. The first-order valence-electron chi connectivity index (χ1n) is 8.40. The monoisotopic (exact) mass is 355 g/mol.